The molecule has 0 spiro atoms. The SMILES string of the molecule is COc1ccc(-n2nc(C(N)=O)c3c2C(=O)N(C2C4CN(N5CCCC5=O)CC42)CC3)cc1. The Hall–Kier alpha value is -3.40. The number of carbonyl (C=O) groups is 3. The summed E-state index contributed by atoms with van der Waals surface area (Å²) in [5, 5.41) is 8.47. The lowest BCUT2D eigenvalue weighted by Gasteiger charge is -2.33. The maximum absolute atomic E-state index is 13.7. The van der Waals surface area contributed by atoms with Crippen LogP contribution in [0.15, 0.2) is 24.3 Å². The average Bonchev–Trinajstić information content (AvgIpc) is 3.21. The van der Waals surface area contributed by atoms with Crippen LogP contribution in [-0.2, 0) is 11.2 Å². The third-order valence-corrected chi connectivity index (χ3v) is 7.48. The summed E-state index contributed by atoms with van der Waals surface area (Å²) in [4.78, 5) is 39.8. The molecule has 10 nitrogen and oxygen atoms in total. The number of ether oxygens (including phenoxy) is 1. The van der Waals surface area contributed by atoms with Gasteiger partial charge in [-0.25, -0.2) is 9.69 Å². The van der Waals surface area contributed by atoms with Gasteiger partial charge in [0.25, 0.3) is 11.8 Å². The van der Waals surface area contributed by atoms with Gasteiger partial charge < -0.3 is 15.4 Å². The number of rotatable bonds is 5. The molecule has 2 aromatic rings. The fraction of sp³-hybridized carbons (Fsp3) is 0.478. The number of aromatic nitrogens is 2. The molecule has 1 aromatic heterocycles. The van der Waals surface area contributed by atoms with Gasteiger partial charge in [-0.2, -0.15) is 5.10 Å². The van der Waals surface area contributed by atoms with Crippen molar-refractivity contribution in [2.45, 2.75) is 25.3 Å². The summed E-state index contributed by atoms with van der Waals surface area (Å²) in [7, 11) is 1.59. The predicted octanol–water partition coefficient (Wildman–Crippen LogP) is 0.446. The van der Waals surface area contributed by atoms with E-state index in [4.69, 9.17) is 10.5 Å². The van der Waals surface area contributed by atoms with E-state index in [1.165, 1.54) is 4.68 Å². The van der Waals surface area contributed by atoms with Gasteiger partial charge in [0.05, 0.1) is 12.8 Å². The summed E-state index contributed by atoms with van der Waals surface area (Å²) in [6.45, 7) is 2.95. The molecule has 4 heterocycles. The Labute approximate surface area is 190 Å². The Morgan fingerprint density at radius 3 is 2.42 bits per heavy atom. The molecule has 0 radical (unpaired) electrons. The van der Waals surface area contributed by atoms with Gasteiger partial charge in [-0.3, -0.25) is 19.4 Å². The number of methoxy groups -OCH3 is 1. The summed E-state index contributed by atoms with van der Waals surface area (Å²) >= 11 is 0. The fourth-order valence-electron chi connectivity index (χ4n) is 5.83. The van der Waals surface area contributed by atoms with Crippen molar-refractivity contribution in [3.8, 4) is 11.4 Å². The van der Waals surface area contributed by atoms with Crippen molar-refractivity contribution in [3.63, 3.8) is 0 Å². The molecule has 2 N–H and O–H groups in total. The van der Waals surface area contributed by atoms with Gasteiger partial charge in [-0.15, -0.1) is 0 Å². The molecule has 1 aliphatic carbocycles. The van der Waals surface area contributed by atoms with Crippen molar-refractivity contribution in [3.05, 3.63) is 41.2 Å². The van der Waals surface area contributed by atoms with Crippen LogP contribution >= 0.6 is 0 Å². The van der Waals surface area contributed by atoms with Crippen molar-refractivity contribution in [1.29, 1.82) is 0 Å². The van der Waals surface area contributed by atoms with Crippen LogP contribution in [0.1, 0.15) is 39.4 Å². The van der Waals surface area contributed by atoms with Crippen molar-refractivity contribution in [2.24, 2.45) is 17.6 Å². The van der Waals surface area contributed by atoms with Crippen LogP contribution < -0.4 is 10.5 Å². The normalized spacial score (nSPS) is 26.5. The van der Waals surface area contributed by atoms with E-state index in [0.29, 0.717) is 53.9 Å². The van der Waals surface area contributed by atoms with E-state index in [0.717, 1.165) is 26.1 Å². The third-order valence-electron chi connectivity index (χ3n) is 7.48. The summed E-state index contributed by atoms with van der Waals surface area (Å²) < 4.78 is 6.76. The molecule has 4 aliphatic rings. The first-order valence-electron chi connectivity index (χ1n) is 11.4. The minimum absolute atomic E-state index is 0.115. The Morgan fingerprint density at radius 2 is 1.82 bits per heavy atom. The number of benzene rings is 1. The highest BCUT2D eigenvalue weighted by Gasteiger charge is 2.61. The zero-order valence-corrected chi connectivity index (χ0v) is 18.4. The van der Waals surface area contributed by atoms with E-state index in [1.807, 2.05) is 9.91 Å². The molecule has 2 atom stereocenters. The van der Waals surface area contributed by atoms with Crippen LogP contribution in [0.25, 0.3) is 5.69 Å². The minimum Gasteiger partial charge on any atom is -0.497 e. The number of carbonyl (C=O) groups excluding carboxylic acids is 3. The lowest BCUT2D eigenvalue weighted by atomic mass is 10.0. The second-order valence-electron chi connectivity index (χ2n) is 9.21. The highest BCUT2D eigenvalue weighted by molar-refractivity contribution is 6.01. The van der Waals surface area contributed by atoms with Crippen LogP contribution in [0.5, 0.6) is 5.75 Å². The van der Waals surface area contributed by atoms with Crippen LogP contribution in [0, 0.1) is 11.8 Å². The molecule has 3 aliphatic heterocycles. The number of nitrogens with zero attached hydrogens (tertiary/aromatic N) is 5. The average molecular weight is 450 g/mol. The maximum atomic E-state index is 13.7. The zero-order valence-electron chi connectivity index (χ0n) is 18.4. The molecular weight excluding hydrogens is 424 g/mol. The van der Waals surface area contributed by atoms with Gasteiger partial charge in [0.15, 0.2) is 5.69 Å². The lowest BCUT2D eigenvalue weighted by molar-refractivity contribution is -0.142. The molecule has 2 saturated heterocycles. The number of hydrogen-bond donors (Lipinski definition) is 1. The molecule has 1 aromatic carbocycles. The summed E-state index contributed by atoms with van der Waals surface area (Å²) in [6, 6.07) is 7.35. The van der Waals surface area contributed by atoms with Gasteiger partial charge in [-0.1, -0.05) is 0 Å². The Morgan fingerprint density at radius 1 is 1.09 bits per heavy atom. The third kappa shape index (κ3) is 3.04. The first-order valence-corrected chi connectivity index (χ1v) is 11.4. The van der Waals surface area contributed by atoms with Crippen molar-refractivity contribution in [2.75, 3.05) is 33.3 Å². The first kappa shape index (κ1) is 20.2. The monoisotopic (exact) mass is 450 g/mol. The predicted molar refractivity (Wildman–Crippen MR) is 117 cm³/mol. The van der Waals surface area contributed by atoms with Crippen molar-refractivity contribution < 1.29 is 19.1 Å². The van der Waals surface area contributed by atoms with Gasteiger partial charge in [0.2, 0.25) is 5.91 Å². The van der Waals surface area contributed by atoms with Crippen molar-refractivity contribution in [1.82, 2.24) is 24.7 Å². The van der Waals surface area contributed by atoms with Gasteiger partial charge in [-0.05, 0) is 37.1 Å². The molecule has 10 heteroatoms. The number of amides is 3. The van der Waals surface area contributed by atoms with Gasteiger partial charge >= 0.3 is 0 Å². The minimum atomic E-state index is -0.631. The summed E-state index contributed by atoms with van der Waals surface area (Å²) in [5.41, 5.74) is 7.45. The quantitative estimate of drug-likeness (QED) is 0.707. The lowest BCUT2D eigenvalue weighted by Crippen LogP contribution is -2.47. The molecule has 3 amide bonds. The molecule has 33 heavy (non-hydrogen) atoms. The smallest absolute Gasteiger partial charge is 0.273 e. The highest BCUT2D eigenvalue weighted by Crippen LogP contribution is 2.50. The fourth-order valence-corrected chi connectivity index (χ4v) is 5.83. The standard InChI is InChI=1S/C23H26N6O4/c1-33-14-6-4-13(5-7-14)29-21-15(19(25-29)22(24)31)8-10-27(23(21)32)20-16-11-26(12-17(16)20)28-9-2-3-18(28)30/h4-7,16-17,20H,2-3,8-12H2,1H3,(H2,24,31). The molecule has 6 rings (SSSR count). The van der Waals surface area contributed by atoms with Crippen molar-refractivity contribution >= 4 is 17.7 Å². The summed E-state index contributed by atoms with van der Waals surface area (Å²) in [6.07, 6.45) is 2.08. The Bertz CT molecular complexity index is 1150. The molecule has 3 fully saturated rings. The van der Waals surface area contributed by atoms with Crippen LogP contribution in [0.4, 0.5) is 0 Å². The molecule has 0 bridgehead atoms. The van der Waals surface area contributed by atoms with Gasteiger partial charge in [0.1, 0.15) is 11.4 Å². The van der Waals surface area contributed by atoms with Crippen LogP contribution in [0.2, 0.25) is 0 Å². The second kappa shape index (κ2) is 7.31. The van der Waals surface area contributed by atoms with Crippen LogP contribution in [-0.4, -0.2) is 81.8 Å². The number of piperidine rings is 1. The molecular formula is C23H26N6O4. The first-order chi connectivity index (χ1) is 16.0. The van der Waals surface area contributed by atoms with E-state index in [-0.39, 0.29) is 23.6 Å². The Balaban J connectivity index is 1.27. The summed E-state index contributed by atoms with van der Waals surface area (Å²) in [5.74, 6) is 0.890. The number of hydrazine groups is 1. The number of nitrogens with two attached hydrogens (primary N) is 1. The maximum Gasteiger partial charge on any atom is 0.273 e. The molecule has 1 saturated carbocycles. The van der Waals surface area contributed by atoms with E-state index in [2.05, 4.69) is 10.1 Å². The van der Waals surface area contributed by atoms with E-state index >= 15 is 0 Å². The zero-order chi connectivity index (χ0) is 22.9. The number of primary amides is 1. The number of hydrogen-bond acceptors (Lipinski definition) is 6. The molecule has 172 valence electrons. The van der Waals surface area contributed by atoms with E-state index in [9.17, 15) is 14.4 Å². The largest absolute Gasteiger partial charge is 0.497 e. The van der Waals surface area contributed by atoms with E-state index < -0.39 is 5.91 Å². The van der Waals surface area contributed by atoms with E-state index in [1.54, 1.807) is 31.4 Å². The van der Waals surface area contributed by atoms with Crippen LogP contribution in [0.3, 0.4) is 0 Å². The Kier molecular flexibility index (Phi) is 4.48. The number of fused-ring (bicyclic) bond motifs is 2. The molecule has 2 unspecified atom stereocenters. The van der Waals surface area contributed by atoms with Gasteiger partial charge in [0, 0.05) is 56.0 Å². The topological polar surface area (TPSA) is 114 Å². The highest BCUT2D eigenvalue weighted by atomic mass is 16.5. The second-order valence-corrected chi connectivity index (χ2v) is 9.21.